The molecular formula is C18H15F2N5O3. The first-order valence-electron chi connectivity index (χ1n) is 8.29. The van der Waals surface area contributed by atoms with Gasteiger partial charge in [0, 0.05) is 42.2 Å². The number of hydrogen-bond donors (Lipinski definition) is 2. The maximum atomic E-state index is 13.5. The number of nitrogens with zero attached hydrogens (tertiary/aromatic N) is 3. The molecule has 8 nitrogen and oxygen atoms in total. The first-order chi connectivity index (χ1) is 13.3. The van der Waals surface area contributed by atoms with Gasteiger partial charge < -0.3 is 15.2 Å². The normalized spacial score (nSPS) is 17.8. The smallest absolute Gasteiger partial charge is 0.268 e. The van der Waals surface area contributed by atoms with Gasteiger partial charge in [-0.2, -0.15) is 5.26 Å². The predicted molar refractivity (Wildman–Crippen MR) is 93.3 cm³/mol. The fraction of sp³-hybridized carbons (Fsp3) is 0.278. The van der Waals surface area contributed by atoms with E-state index in [1.165, 1.54) is 36.8 Å². The Morgan fingerprint density at radius 2 is 2.18 bits per heavy atom. The summed E-state index contributed by atoms with van der Waals surface area (Å²) in [6, 6.07) is 4.70. The molecule has 144 valence electrons. The van der Waals surface area contributed by atoms with Crippen molar-refractivity contribution in [2.75, 3.05) is 13.1 Å². The van der Waals surface area contributed by atoms with Crippen LogP contribution >= 0.6 is 0 Å². The van der Waals surface area contributed by atoms with Gasteiger partial charge in [-0.1, -0.05) is 0 Å². The minimum atomic E-state index is -3.12. The van der Waals surface area contributed by atoms with Gasteiger partial charge in [0.2, 0.25) is 11.5 Å². The van der Waals surface area contributed by atoms with Gasteiger partial charge >= 0.3 is 0 Å². The van der Waals surface area contributed by atoms with Gasteiger partial charge in [-0.25, -0.2) is 8.78 Å². The highest BCUT2D eigenvalue weighted by molar-refractivity contribution is 6.02. The molecule has 0 radical (unpaired) electrons. The molecule has 1 atom stereocenters. The van der Waals surface area contributed by atoms with Crippen LogP contribution in [-0.4, -0.2) is 51.7 Å². The Balaban J connectivity index is 1.72. The second-order valence-electron chi connectivity index (χ2n) is 6.27. The number of amides is 2. The average molecular weight is 387 g/mol. The van der Waals surface area contributed by atoms with Crippen LogP contribution in [0.2, 0.25) is 0 Å². The van der Waals surface area contributed by atoms with E-state index in [9.17, 15) is 23.2 Å². The van der Waals surface area contributed by atoms with Gasteiger partial charge in [0.15, 0.2) is 0 Å². The third-order valence-corrected chi connectivity index (χ3v) is 4.30. The Kier molecular flexibility index (Phi) is 5.17. The van der Waals surface area contributed by atoms with Gasteiger partial charge in [0.25, 0.3) is 11.8 Å². The molecule has 1 aliphatic rings. The lowest BCUT2D eigenvalue weighted by Gasteiger charge is -2.19. The van der Waals surface area contributed by atoms with Crippen molar-refractivity contribution >= 4 is 11.8 Å². The van der Waals surface area contributed by atoms with Gasteiger partial charge in [0.05, 0.1) is 24.7 Å². The molecular weight excluding hydrogens is 372 g/mol. The van der Waals surface area contributed by atoms with Gasteiger partial charge in [-0.3, -0.25) is 19.4 Å². The lowest BCUT2D eigenvalue weighted by Crippen LogP contribution is -2.43. The van der Waals surface area contributed by atoms with Crippen LogP contribution in [-0.2, 0) is 4.79 Å². The van der Waals surface area contributed by atoms with Crippen molar-refractivity contribution in [1.29, 1.82) is 5.26 Å². The lowest BCUT2D eigenvalue weighted by molar-refractivity contribution is -0.131. The van der Waals surface area contributed by atoms with E-state index in [0.717, 1.165) is 4.90 Å². The predicted octanol–water partition coefficient (Wildman–Crippen LogP) is 0.926. The van der Waals surface area contributed by atoms with Crippen molar-refractivity contribution in [2.45, 2.75) is 18.4 Å². The van der Waals surface area contributed by atoms with E-state index in [-0.39, 0.29) is 11.1 Å². The molecule has 2 N–H and O–H groups in total. The maximum Gasteiger partial charge on any atom is 0.268 e. The summed E-state index contributed by atoms with van der Waals surface area (Å²) >= 11 is 0. The number of halogens is 2. The molecule has 1 aliphatic heterocycles. The molecule has 0 unspecified atom stereocenters. The number of nitrogens with one attached hydrogen (secondary N) is 2. The third-order valence-electron chi connectivity index (χ3n) is 4.30. The molecule has 0 spiro atoms. The number of aromatic amines is 1. The second-order valence-corrected chi connectivity index (χ2v) is 6.27. The number of carbonyl (C=O) groups excluding carboxylic acids is 2. The van der Waals surface area contributed by atoms with Crippen LogP contribution in [0.1, 0.15) is 16.8 Å². The molecule has 0 aromatic carbocycles. The van der Waals surface area contributed by atoms with Crippen LogP contribution in [0.4, 0.5) is 8.78 Å². The third kappa shape index (κ3) is 4.03. The maximum absolute atomic E-state index is 13.5. The zero-order valence-corrected chi connectivity index (χ0v) is 14.5. The topological polar surface area (TPSA) is 119 Å². The number of likely N-dealkylation sites (tertiary alicyclic amines) is 1. The van der Waals surface area contributed by atoms with Crippen LogP contribution in [0, 0.1) is 11.3 Å². The highest BCUT2D eigenvalue weighted by atomic mass is 19.3. The summed E-state index contributed by atoms with van der Waals surface area (Å²) in [6.07, 6.45) is 3.52. The number of carbonyl (C=O) groups is 2. The van der Waals surface area contributed by atoms with Crippen LogP contribution < -0.4 is 10.9 Å². The lowest BCUT2D eigenvalue weighted by atomic mass is 10.0. The SMILES string of the molecule is N#C[C@@H]1CC(F)(F)CN1C(=O)CNC(=O)c1ccncc1-c1ccc(=O)[nH]c1. The van der Waals surface area contributed by atoms with E-state index < -0.39 is 43.3 Å². The van der Waals surface area contributed by atoms with E-state index in [1.54, 1.807) is 6.07 Å². The van der Waals surface area contributed by atoms with Crippen LogP contribution in [0.5, 0.6) is 0 Å². The second kappa shape index (κ2) is 7.56. The van der Waals surface area contributed by atoms with Crippen molar-refractivity contribution in [2.24, 2.45) is 0 Å². The van der Waals surface area contributed by atoms with E-state index in [2.05, 4.69) is 15.3 Å². The van der Waals surface area contributed by atoms with E-state index in [4.69, 9.17) is 5.26 Å². The van der Waals surface area contributed by atoms with Gasteiger partial charge in [-0.15, -0.1) is 0 Å². The molecule has 1 saturated heterocycles. The van der Waals surface area contributed by atoms with E-state index in [1.807, 2.05) is 0 Å². The summed E-state index contributed by atoms with van der Waals surface area (Å²) in [5.74, 6) is -4.50. The number of rotatable bonds is 4. The molecule has 2 amide bonds. The number of pyridine rings is 2. The minimum Gasteiger partial charge on any atom is -0.343 e. The van der Waals surface area contributed by atoms with Gasteiger partial charge in [0.1, 0.15) is 6.04 Å². The first kappa shape index (κ1) is 19.2. The number of nitriles is 1. The van der Waals surface area contributed by atoms with E-state index in [0.29, 0.717) is 11.1 Å². The van der Waals surface area contributed by atoms with Crippen molar-refractivity contribution in [3.63, 3.8) is 0 Å². The molecule has 3 heterocycles. The Labute approximate surface area is 157 Å². The summed E-state index contributed by atoms with van der Waals surface area (Å²) < 4.78 is 26.9. The van der Waals surface area contributed by atoms with E-state index >= 15 is 0 Å². The molecule has 0 aliphatic carbocycles. The number of alkyl halides is 2. The first-order valence-corrected chi connectivity index (χ1v) is 8.29. The monoisotopic (exact) mass is 387 g/mol. The molecule has 1 fully saturated rings. The highest BCUT2D eigenvalue weighted by Gasteiger charge is 2.47. The van der Waals surface area contributed by atoms with Crippen molar-refractivity contribution in [3.05, 3.63) is 52.7 Å². The molecule has 0 bridgehead atoms. The molecule has 2 aromatic heterocycles. The zero-order chi connectivity index (χ0) is 20.3. The molecule has 10 heteroatoms. The average Bonchev–Trinajstić information content (AvgIpc) is 3.01. The number of aromatic nitrogens is 2. The fourth-order valence-corrected chi connectivity index (χ4v) is 2.95. The Morgan fingerprint density at radius 3 is 2.86 bits per heavy atom. The largest absolute Gasteiger partial charge is 0.343 e. The van der Waals surface area contributed by atoms with Crippen molar-refractivity contribution in [1.82, 2.24) is 20.2 Å². The Bertz CT molecular complexity index is 994. The Hall–Kier alpha value is -3.61. The van der Waals surface area contributed by atoms with Crippen LogP contribution in [0.25, 0.3) is 11.1 Å². The molecule has 2 aromatic rings. The van der Waals surface area contributed by atoms with Crippen LogP contribution in [0.3, 0.4) is 0 Å². The van der Waals surface area contributed by atoms with Crippen molar-refractivity contribution < 1.29 is 18.4 Å². The molecule has 28 heavy (non-hydrogen) atoms. The standard InChI is InChI=1S/C18H15F2N5O3/c19-18(20)5-12(6-21)25(10-18)16(27)9-24-17(28)13-3-4-22-8-14(13)11-1-2-15(26)23-7-11/h1-4,7-8,12H,5,9-10H2,(H,23,26)(H,24,28)/t12-/m0/s1. The summed E-state index contributed by atoms with van der Waals surface area (Å²) in [5, 5.41) is 11.3. The summed E-state index contributed by atoms with van der Waals surface area (Å²) in [5.41, 5.74) is 0.844. The highest BCUT2D eigenvalue weighted by Crippen LogP contribution is 2.31. The summed E-state index contributed by atoms with van der Waals surface area (Å²) in [4.78, 5) is 43.1. The van der Waals surface area contributed by atoms with Crippen molar-refractivity contribution in [3.8, 4) is 17.2 Å². The molecule has 3 rings (SSSR count). The zero-order valence-electron chi connectivity index (χ0n) is 14.5. The number of hydrogen-bond acceptors (Lipinski definition) is 5. The Morgan fingerprint density at radius 1 is 1.39 bits per heavy atom. The van der Waals surface area contributed by atoms with Gasteiger partial charge in [-0.05, 0) is 12.1 Å². The summed E-state index contributed by atoms with van der Waals surface area (Å²) in [6.45, 7) is -1.38. The van der Waals surface area contributed by atoms with Crippen LogP contribution in [0.15, 0.2) is 41.6 Å². The molecule has 0 saturated carbocycles. The fourth-order valence-electron chi connectivity index (χ4n) is 2.95. The quantitative estimate of drug-likeness (QED) is 0.809. The summed E-state index contributed by atoms with van der Waals surface area (Å²) in [7, 11) is 0. The minimum absolute atomic E-state index is 0.193. The number of H-pyrrole nitrogens is 1.